The second-order valence-corrected chi connectivity index (χ2v) is 4.01. The maximum absolute atomic E-state index is 13.5. The van der Waals surface area contributed by atoms with Gasteiger partial charge in [-0.05, 0) is 15.9 Å². The number of allylic oxidation sites excluding steroid dienone is 4. The van der Waals surface area contributed by atoms with Gasteiger partial charge < -0.3 is 10.4 Å². The Morgan fingerprint density at radius 2 is 2.25 bits per heavy atom. The molecule has 0 saturated heterocycles. The van der Waals surface area contributed by atoms with Gasteiger partial charge in [0.1, 0.15) is 5.57 Å². The molecule has 0 atom stereocenters. The van der Waals surface area contributed by atoms with E-state index in [1.54, 1.807) is 7.05 Å². The Labute approximate surface area is 104 Å². The summed E-state index contributed by atoms with van der Waals surface area (Å²) < 4.78 is 13.6. The SMILES string of the molecule is CN/C=C1\C(=N)C(C(=O)O)=C(F)C(Cl)=C1Br. The van der Waals surface area contributed by atoms with Crippen LogP contribution in [0, 0.1) is 5.41 Å². The third-order valence-electron chi connectivity index (χ3n) is 1.86. The van der Waals surface area contributed by atoms with E-state index in [-0.39, 0.29) is 15.1 Å². The predicted octanol–water partition coefficient (Wildman–Crippen LogP) is 2.28. The molecule has 0 amide bonds. The van der Waals surface area contributed by atoms with Gasteiger partial charge in [0, 0.05) is 18.8 Å². The minimum absolute atomic E-state index is 0.149. The number of halogens is 3. The zero-order valence-electron chi connectivity index (χ0n) is 8.07. The molecule has 7 heteroatoms. The molecule has 16 heavy (non-hydrogen) atoms. The highest BCUT2D eigenvalue weighted by Gasteiger charge is 2.32. The molecular weight excluding hydrogens is 302 g/mol. The molecule has 1 aliphatic carbocycles. The van der Waals surface area contributed by atoms with Gasteiger partial charge in [-0.1, -0.05) is 11.6 Å². The van der Waals surface area contributed by atoms with Gasteiger partial charge in [0.2, 0.25) is 0 Å². The van der Waals surface area contributed by atoms with Crippen LogP contribution >= 0.6 is 27.5 Å². The van der Waals surface area contributed by atoms with Crippen molar-refractivity contribution in [3.05, 3.63) is 32.7 Å². The molecule has 1 aliphatic rings. The van der Waals surface area contributed by atoms with E-state index in [2.05, 4.69) is 21.2 Å². The van der Waals surface area contributed by atoms with E-state index in [9.17, 15) is 9.18 Å². The maximum Gasteiger partial charge on any atom is 0.340 e. The van der Waals surface area contributed by atoms with Crippen LogP contribution in [0.3, 0.4) is 0 Å². The molecule has 0 saturated carbocycles. The highest BCUT2D eigenvalue weighted by molar-refractivity contribution is 9.12. The van der Waals surface area contributed by atoms with Crippen LogP contribution in [0.15, 0.2) is 32.7 Å². The Bertz CT molecular complexity index is 468. The summed E-state index contributed by atoms with van der Waals surface area (Å²) in [5.41, 5.74) is -0.989. The third kappa shape index (κ3) is 2.03. The van der Waals surface area contributed by atoms with Gasteiger partial charge in [-0.25, -0.2) is 9.18 Å². The zero-order chi connectivity index (χ0) is 12.5. The Kier molecular flexibility index (Phi) is 3.88. The molecular formula is C9H7BrClFN2O2. The quantitative estimate of drug-likeness (QED) is 0.732. The molecule has 0 fully saturated rings. The van der Waals surface area contributed by atoms with Gasteiger partial charge in [-0.3, -0.25) is 5.41 Å². The summed E-state index contributed by atoms with van der Waals surface area (Å²) in [5.74, 6) is -2.64. The number of nitrogens with one attached hydrogen (secondary N) is 2. The van der Waals surface area contributed by atoms with E-state index >= 15 is 0 Å². The summed E-state index contributed by atoms with van der Waals surface area (Å²) in [6.45, 7) is 0. The third-order valence-corrected chi connectivity index (χ3v) is 3.27. The molecule has 4 nitrogen and oxygen atoms in total. The van der Waals surface area contributed by atoms with Crippen LogP contribution in [0.5, 0.6) is 0 Å². The molecule has 0 aromatic rings. The summed E-state index contributed by atoms with van der Waals surface area (Å²) in [5, 5.41) is 18.6. The average molecular weight is 310 g/mol. The number of aliphatic carboxylic acids is 1. The van der Waals surface area contributed by atoms with Crippen molar-refractivity contribution in [1.82, 2.24) is 5.32 Å². The molecule has 0 spiro atoms. The fourth-order valence-electron chi connectivity index (χ4n) is 1.16. The Morgan fingerprint density at radius 1 is 1.69 bits per heavy atom. The molecule has 0 radical (unpaired) electrons. The summed E-state index contributed by atoms with van der Waals surface area (Å²) in [6, 6.07) is 0. The molecule has 0 aromatic heterocycles. The summed E-state index contributed by atoms with van der Waals surface area (Å²) in [7, 11) is 1.57. The van der Waals surface area contributed by atoms with Crippen LogP contribution in [0.25, 0.3) is 0 Å². The number of hydrogen-bond donors (Lipinski definition) is 3. The fourth-order valence-corrected chi connectivity index (χ4v) is 1.84. The van der Waals surface area contributed by atoms with Crippen molar-refractivity contribution < 1.29 is 14.3 Å². The highest BCUT2D eigenvalue weighted by Crippen LogP contribution is 2.38. The molecule has 86 valence electrons. The van der Waals surface area contributed by atoms with Crippen molar-refractivity contribution >= 4 is 39.2 Å². The Balaban J connectivity index is 3.47. The topological polar surface area (TPSA) is 73.2 Å². The average Bonchev–Trinajstić information content (AvgIpc) is 2.21. The van der Waals surface area contributed by atoms with Gasteiger partial charge >= 0.3 is 5.97 Å². The molecule has 0 heterocycles. The van der Waals surface area contributed by atoms with Gasteiger partial charge in [0.15, 0.2) is 5.83 Å². The van der Waals surface area contributed by atoms with Gasteiger partial charge in [0.25, 0.3) is 0 Å². The van der Waals surface area contributed by atoms with E-state index < -0.39 is 23.1 Å². The van der Waals surface area contributed by atoms with Crippen LogP contribution in [0.4, 0.5) is 4.39 Å². The summed E-state index contributed by atoms with van der Waals surface area (Å²) in [6.07, 6.45) is 1.37. The molecule has 0 unspecified atom stereocenters. The lowest BCUT2D eigenvalue weighted by Gasteiger charge is -2.17. The summed E-state index contributed by atoms with van der Waals surface area (Å²) in [4.78, 5) is 10.8. The van der Waals surface area contributed by atoms with E-state index in [1.165, 1.54) is 6.20 Å². The number of rotatable bonds is 2. The van der Waals surface area contributed by atoms with Crippen LogP contribution in [0.1, 0.15) is 0 Å². The van der Waals surface area contributed by atoms with E-state index in [0.717, 1.165) is 0 Å². The molecule has 0 bridgehead atoms. The lowest BCUT2D eigenvalue weighted by molar-refractivity contribution is -0.132. The van der Waals surface area contributed by atoms with Crippen LogP contribution in [-0.2, 0) is 4.79 Å². The van der Waals surface area contributed by atoms with Gasteiger partial charge in [-0.15, -0.1) is 0 Å². The fraction of sp³-hybridized carbons (Fsp3) is 0.111. The standard InChI is InChI=1S/C9H7BrClFN2O2/c1-14-2-3-5(10)6(11)7(12)4(8(3)13)9(15)16/h2,13-14H,1H3,(H,15,16)/b3-2-,13-8?. The minimum Gasteiger partial charge on any atom is -0.478 e. The van der Waals surface area contributed by atoms with Crippen LogP contribution in [0.2, 0.25) is 0 Å². The predicted molar refractivity (Wildman–Crippen MR) is 62.4 cm³/mol. The summed E-state index contributed by atoms with van der Waals surface area (Å²) >= 11 is 8.63. The molecule has 3 N–H and O–H groups in total. The molecule has 0 aliphatic heterocycles. The van der Waals surface area contributed by atoms with Gasteiger partial charge in [-0.2, -0.15) is 0 Å². The van der Waals surface area contributed by atoms with Crippen molar-refractivity contribution in [3.8, 4) is 0 Å². The first-order valence-electron chi connectivity index (χ1n) is 4.07. The van der Waals surface area contributed by atoms with Crippen molar-refractivity contribution in [2.24, 2.45) is 0 Å². The van der Waals surface area contributed by atoms with Crippen molar-refractivity contribution in [1.29, 1.82) is 5.41 Å². The lowest BCUT2D eigenvalue weighted by atomic mass is 9.97. The van der Waals surface area contributed by atoms with Crippen LogP contribution in [-0.4, -0.2) is 23.8 Å². The van der Waals surface area contributed by atoms with Gasteiger partial charge in [0.05, 0.1) is 15.2 Å². The maximum atomic E-state index is 13.5. The largest absolute Gasteiger partial charge is 0.478 e. The highest BCUT2D eigenvalue weighted by atomic mass is 79.9. The molecule has 1 rings (SSSR count). The number of carboxylic acids is 1. The number of hydrogen-bond acceptors (Lipinski definition) is 3. The zero-order valence-corrected chi connectivity index (χ0v) is 10.4. The van der Waals surface area contributed by atoms with E-state index in [4.69, 9.17) is 22.1 Å². The normalized spacial score (nSPS) is 19.5. The number of carbonyl (C=O) groups is 1. The van der Waals surface area contributed by atoms with E-state index in [0.29, 0.717) is 0 Å². The first kappa shape index (κ1) is 12.9. The number of carboxylic acid groups (broad SMARTS) is 1. The minimum atomic E-state index is -1.53. The first-order valence-corrected chi connectivity index (χ1v) is 5.24. The van der Waals surface area contributed by atoms with Crippen molar-refractivity contribution in [2.45, 2.75) is 0 Å². The Morgan fingerprint density at radius 3 is 2.69 bits per heavy atom. The first-order chi connectivity index (χ1) is 7.41. The van der Waals surface area contributed by atoms with Crippen molar-refractivity contribution in [3.63, 3.8) is 0 Å². The van der Waals surface area contributed by atoms with Crippen molar-refractivity contribution in [2.75, 3.05) is 7.05 Å². The van der Waals surface area contributed by atoms with E-state index in [1.807, 2.05) is 0 Å². The molecule has 0 aromatic carbocycles. The van der Waals surface area contributed by atoms with Crippen LogP contribution < -0.4 is 5.32 Å². The lowest BCUT2D eigenvalue weighted by Crippen LogP contribution is -2.21. The Hall–Kier alpha value is -1.14. The second kappa shape index (κ2) is 4.80. The smallest absolute Gasteiger partial charge is 0.340 e. The monoisotopic (exact) mass is 308 g/mol. The second-order valence-electron chi connectivity index (χ2n) is 2.84.